The Morgan fingerprint density at radius 2 is 2.19 bits per heavy atom. The van der Waals surface area contributed by atoms with Gasteiger partial charge in [-0.05, 0) is 37.1 Å². The van der Waals surface area contributed by atoms with Crippen LogP contribution in [-0.4, -0.2) is 32.1 Å². The zero-order valence-electron chi connectivity index (χ0n) is 14.6. The minimum absolute atomic E-state index is 0.125. The van der Waals surface area contributed by atoms with Crippen molar-refractivity contribution in [2.75, 3.05) is 11.1 Å². The Morgan fingerprint density at radius 3 is 2.93 bits per heavy atom. The zero-order chi connectivity index (χ0) is 19.2. The molecule has 3 rings (SSSR count). The summed E-state index contributed by atoms with van der Waals surface area (Å²) in [4.78, 5) is 11.9. The molecule has 0 aliphatic rings. The van der Waals surface area contributed by atoms with Gasteiger partial charge in [0.05, 0.1) is 5.75 Å². The first-order valence-electron chi connectivity index (χ1n) is 8.00. The first-order chi connectivity index (χ1) is 13.0. The number of halogens is 1. The highest BCUT2D eigenvalue weighted by molar-refractivity contribution is 7.99. The van der Waals surface area contributed by atoms with E-state index in [4.69, 9.17) is 20.8 Å². The van der Waals surface area contributed by atoms with Crippen LogP contribution in [-0.2, 0) is 17.8 Å². The molecule has 27 heavy (non-hydrogen) atoms. The molecule has 0 aliphatic carbocycles. The lowest BCUT2D eigenvalue weighted by Gasteiger charge is -2.06. The number of nitrogens with zero attached hydrogens (tertiary/aromatic N) is 4. The summed E-state index contributed by atoms with van der Waals surface area (Å²) in [5.74, 6) is 0.921. The Balaban J connectivity index is 1.46. The topological polar surface area (TPSA) is 103 Å². The summed E-state index contributed by atoms with van der Waals surface area (Å²) in [5.41, 5.74) is 0.913. The van der Waals surface area contributed by atoms with E-state index in [-0.39, 0.29) is 18.3 Å². The van der Waals surface area contributed by atoms with E-state index >= 15 is 0 Å². The van der Waals surface area contributed by atoms with Crippen molar-refractivity contribution in [3.05, 3.63) is 39.7 Å². The minimum atomic E-state index is -0.216. The maximum absolute atomic E-state index is 11.9. The van der Waals surface area contributed by atoms with E-state index in [0.717, 1.165) is 28.8 Å². The van der Waals surface area contributed by atoms with Gasteiger partial charge in [0.15, 0.2) is 6.61 Å². The van der Waals surface area contributed by atoms with Crippen molar-refractivity contribution in [2.45, 2.75) is 32.1 Å². The fourth-order valence-electron chi connectivity index (χ4n) is 2.00. The molecule has 0 aliphatic heterocycles. The molecule has 0 spiro atoms. The summed E-state index contributed by atoms with van der Waals surface area (Å²) in [7, 11) is 0. The number of ether oxygens (including phenoxy) is 1. The molecule has 0 saturated carbocycles. The number of rotatable bonds is 8. The van der Waals surface area contributed by atoms with E-state index < -0.39 is 0 Å². The van der Waals surface area contributed by atoms with Crippen LogP contribution in [0.5, 0.6) is 5.75 Å². The lowest BCUT2D eigenvalue weighted by atomic mass is 10.2. The maximum Gasteiger partial charge on any atom is 0.277 e. The number of carbonyl (C=O) groups excluding carboxylic acids is 1. The van der Waals surface area contributed by atoms with Gasteiger partial charge in [-0.3, -0.25) is 10.1 Å². The molecular weight excluding hydrogens is 410 g/mol. The molecule has 142 valence electrons. The monoisotopic (exact) mass is 425 g/mol. The largest absolute Gasteiger partial charge is 0.484 e. The van der Waals surface area contributed by atoms with Gasteiger partial charge < -0.3 is 9.15 Å². The van der Waals surface area contributed by atoms with E-state index in [0.29, 0.717) is 27.0 Å². The predicted octanol–water partition coefficient (Wildman–Crippen LogP) is 3.76. The normalized spacial score (nSPS) is 10.8. The number of benzene rings is 1. The number of aromatic nitrogens is 4. The molecule has 2 aromatic heterocycles. The van der Waals surface area contributed by atoms with Gasteiger partial charge in [-0.25, -0.2) is 0 Å². The van der Waals surface area contributed by atoms with Crippen LogP contribution in [0.1, 0.15) is 23.4 Å². The average molecular weight is 426 g/mol. The molecule has 0 atom stereocenters. The van der Waals surface area contributed by atoms with Crippen molar-refractivity contribution >= 4 is 45.7 Å². The van der Waals surface area contributed by atoms with Crippen LogP contribution in [0.25, 0.3) is 0 Å². The lowest BCUT2D eigenvalue weighted by molar-refractivity contribution is -0.113. The molecule has 11 heteroatoms. The summed E-state index contributed by atoms with van der Waals surface area (Å²) in [6.07, 6.45) is 0.782. The number of hydrogen-bond donors (Lipinski definition) is 1. The van der Waals surface area contributed by atoms with Crippen LogP contribution >= 0.6 is 34.7 Å². The fourth-order valence-corrected chi connectivity index (χ4v) is 3.50. The number of amides is 1. The van der Waals surface area contributed by atoms with Gasteiger partial charge in [0.1, 0.15) is 10.8 Å². The van der Waals surface area contributed by atoms with E-state index in [9.17, 15) is 4.79 Å². The number of thioether (sulfide) groups is 1. The summed E-state index contributed by atoms with van der Waals surface area (Å²) < 4.78 is 11.1. The number of carbonyl (C=O) groups is 1. The Kier molecular flexibility index (Phi) is 6.64. The van der Waals surface area contributed by atoms with Crippen molar-refractivity contribution in [1.82, 2.24) is 20.4 Å². The third-order valence-corrected chi connectivity index (χ3v) is 5.32. The highest BCUT2D eigenvalue weighted by Crippen LogP contribution is 2.23. The molecule has 8 nitrogen and oxygen atoms in total. The van der Waals surface area contributed by atoms with Crippen molar-refractivity contribution in [3.63, 3.8) is 0 Å². The molecule has 0 bridgehead atoms. The molecule has 1 amide bonds. The number of hydrogen-bond acceptors (Lipinski definition) is 9. The van der Waals surface area contributed by atoms with Crippen molar-refractivity contribution in [2.24, 2.45) is 0 Å². The third kappa shape index (κ3) is 5.65. The molecule has 3 aromatic rings. The Morgan fingerprint density at radius 1 is 1.33 bits per heavy atom. The van der Waals surface area contributed by atoms with Crippen molar-refractivity contribution in [3.8, 4) is 5.75 Å². The molecule has 0 saturated heterocycles. The van der Waals surface area contributed by atoms with Crippen molar-refractivity contribution < 1.29 is 13.9 Å². The van der Waals surface area contributed by atoms with Crippen LogP contribution in [0.3, 0.4) is 0 Å². The standard InChI is InChI=1S/C16H16ClN5O3S2/c1-3-14-20-21-15(27-14)18-12(23)8-26-16-22-19-13(25-16)7-24-11-5-4-10(17)6-9(11)2/h4-6H,3,7-8H2,1-2H3,(H,18,21,23). The zero-order valence-corrected chi connectivity index (χ0v) is 17.0. The van der Waals surface area contributed by atoms with E-state index in [2.05, 4.69) is 25.7 Å². The Labute approximate surface area is 168 Å². The van der Waals surface area contributed by atoms with E-state index in [1.165, 1.54) is 11.3 Å². The van der Waals surface area contributed by atoms with Crippen LogP contribution in [0.4, 0.5) is 5.13 Å². The first-order valence-corrected chi connectivity index (χ1v) is 10.2. The molecule has 1 N–H and O–H groups in total. The highest BCUT2D eigenvalue weighted by Gasteiger charge is 2.12. The van der Waals surface area contributed by atoms with Gasteiger partial charge in [0, 0.05) is 5.02 Å². The summed E-state index contributed by atoms with van der Waals surface area (Å²) >= 11 is 8.41. The first kappa shape index (κ1) is 19.6. The van der Waals surface area contributed by atoms with Crippen LogP contribution in [0, 0.1) is 6.92 Å². The highest BCUT2D eigenvalue weighted by atomic mass is 35.5. The second-order valence-electron chi connectivity index (χ2n) is 5.35. The molecule has 0 fully saturated rings. The summed E-state index contributed by atoms with van der Waals surface area (Å²) in [5, 5.41) is 20.7. The van der Waals surface area contributed by atoms with Gasteiger partial charge in [0.25, 0.3) is 11.1 Å². The maximum atomic E-state index is 11.9. The van der Waals surface area contributed by atoms with Crippen LogP contribution in [0.2, 0.25) is 5.02 Å². The van der Waals surface area contributed by atoms with Crippen LogP contribution < -0.4 is 10.1 Å². The molecule has 1 aromatic carbocycles. The predicted molar refractivity (Wildman–Crippen MR) is 103 cm³/mol. The van der Waals surface area contributed by atoms with E-state index in [1.807, 2.05) is 19.9 Å². The Hall–Kier alpha value is -2.17. The summed E-state index contributed by atoms with van der Waals surface area (Å²) in [6.45, 7) is 4.01. The second-order valence-corrected chi connectivity index (χ2v) is 7.78. The van der Waals surface area contributed by atoms with Crippen molar-refractivity contribution in [1.29, 1.82) is 0 Å². The van der Waals surface area contributed by atoms with Gasteiger partial charge in [-0.15, -0.1) is 20.4 Å². The number of nitrogens with one attached hydrogen (secondary N) is 1. The smallest absolute Gasteiger partial charge is 0.277 e. The third-order valence-electron chi connectivity index (χ3n) is 3.28. The average Bonchev–Trinajstić information content (AvgIpc) is 3.28. The quantitative estimate of drug-likeness (QED) is 0.544. The SMILES string of the molecule is CCc1nnc(NC(=O)CSc2nnc(COc3ccc(Cl)cc3C)o2)s1. The molecule has 0 unspecified atom stereocenters. The second kappa shape index (κ2) is 9.16. The minimum Gasteiger partial charge on any atom is -0.484 e. The van der Waals surface area contributed by atoms with Gasteiger partial charge in [-0.2, -0.15) is 0 Å². The number of anilines is 1. The van der Waals surface area contributed by atoms with Crippen LogP contribution in [0.15, 0.2) is 27.8 Å². The van der Waals surface area contributed by atoms with Gasteiger partial charge >= 0.3 is 0 Å². The molecule has 0 radical (unpaired) electrons. The lowest BCUT2D eigenvalue weighted by Crippen LogP contribution is -2.13. The van der Waals surface area contributed by atoms with Gasteiger partial charge in [-0.1, -0.05) is 41.6 Å². The molecular formula is C16H16ClN5O3S2. The summed E-state index contributed by atoms with van der Waals surface area (Å²) in [6, 6.07) is 5.34. The number of aryl methyl sites for hydroxylation is 2. The molecule has 2 heterocycles. The van der Waals surface area contributed by atoms with E-state index in [1.54, 1.807) is 12.1 Å². The fraction of sp³-hybridized carbons (Fsp3) is 0.312. The Bertz CT molecular complexity index is 930. The van der Waals surface area contributed by atoms with Gasteiger partial charge in [0.2, 0.25) is 11.0 Å².